The summed E-state index contributed by atoms with van der Waals surface area (Å²) in [7, 11) is 1.59. The number of nitrogens with zero attached hydrogens (tertiary/aromatic N) is 1. The van der Waals surface area contributed by atoms with Crippen LogP contribution in [0, 0.1) is 0 Å². The molecule has 2 heterocycles. The largest absolute Gasteiger partial charge is 0.497 e. The predicted molar refractivity (Wildman–Crippen MR) is 99.0 cm³/mol. The summed E-state index contributed by atoms with van der Waals surface area (Å²) in [4.78, 5) is 26.5. The number of methoxy groups -OCH3 is 1. The molecule has 2 aliphatic heterocycles. The van der Waals surface area contributed by atoms with Gasteiger partial charge in [0, 0.05) is 18.2 Å². The van der Waals surface area contributed by atoms with Crippen LogP contribution in [0.25, 0.3) is 0 Å². The van der Waals surface area contributed by atoms with Gasteiger partial charge in [-0.3, -0.25) is 9.69 Å². The molecular formula is C18H20ClNO5S. The highest BCUT2D eigenvalue weighted by molar-refractivity contribution is 8.00. The van der Waals surface area contributed by atoms with E-state index in [2.05, 4.69) is 0 Å². The monoisotopic (exact) mass is 397 g/mol. The standard InChI is InChI=1S/C18H20ClNO5S/c1-3-24-15-16(21)20-14(12(8-19)10-26-17(15)20)18(22)25-9-11-4-6-13(23-2)7-5-11/h4-7,15,17H,3,8-10H2,1-2H3/t15-,17-/m0/s1. The van der Waals surface area contributed by atoms with E-state index >= 15 is 0 Å². The molecular weight excluding hydrogens is 378 g/mol. The van der Waals surface area contributed by atoms with Gasteiger partial charge < -0.3 is 14.2 Å². The van der Waals surface area contributed by atoms with E-state index in [-0.39, 0.29) is 29.5 Å². The summed E-state index contributed by atoms with van der Waals surface area (Å²) >= 11 is 7.54. The molecule has 140 valence electrons. The smallest absolute Gasteiger partial charge is 0.355 e. The van der Waals surface area contributed by atoms with Gasteiger partial charge in [0.05, 0.1) is 7.11 Å². The third-order valence-corrected chi connectivity index (χ3v) is 5.87. The Morgan fingerprint density at radius 3 is 2.69 bits per heavy atom. The second-order valence-corrected chi connectivity index (χ2v) is 7.17. The van der Waals surface area contributed by atoms with E-state index in [0.717, 1.165) is 11.3 Å². The average Bonchev–Trinajstić information content (AvgIpc) is 2.69. The van der Waals surface area contributed by atoms with Crippen LogP contribution in [0.1, 0.15) is 12.5 Å². The van der Waals surface area contributed by atoms with E-state index in [1.54, 1.807) is 31.0 Å². The second-order valence-electron chi connectivity index (χ2n) is 5.80. The number of ether oxygens (including phenoxy) is 3. The third-order valence-electron chi connectivity index (χ3n) is 4.23. The van der Waals surface area contributed by atoms with Gasteiger partial charge in [-0.2, -0.15) is 0 Å². The number of esters is 1. The molecule has 2 atom stereocenters. The van der Waals surface area contributed by atoms with Gasteiger partial charge in [-0.05, 0) is 30.2 Å². The van der Waals surface area contributed by atoms with E-state index in [1.165, 1.54) is 4.90 Å². The summed E-state index contributed by atoms with van der Waals surface area (Å²) in [5.41, 5.74) is 1.80. The van der Waals surface area contributed by atoms with Crippen molar-refractivity contribution in [1.29, 1.82) is 0 Å². The summed E-state index contributed by atoms with van der Waals surface area (Å²) in [6.45, 7) is 2.40. The number of alkyl halides is 1. The van der Waals surface area contributed by atoms with E-state index in [0.29, 0.717) is 17.9 Å². The quantitative estimate of drug-likeness (QED) is 0.400. The maximum absolute atomic E-state index is 12.7. The van der Waals surface area contributed by atoms with Gasteiger partial charge in [-0.25, -0.2) is 4.79 Å². The van der Waals surface area contributed by atoms with Crippen LogP contribution in [0.15, 0.2) is 35.5 Å². The lowest BCUT2D eigenvalue weighted by Crippen LogP contribution is -2.66. The van der Waals surface area contributed by atoms with Crippen LogP contribution < -0.4 is 4.74 Å². The number of rotatable bonds is 7. The Morgan fingerprint density at radius 2 is 2.08 bits per heavy atom. The lowest BCUT2D eigenvalue weighted by atomic mass is 10.1. The number of hydrogen-bond acceptors (Lipinski definition) is 6. The molecule has 1 amide bonds. The zero-order valence-electron chi connectivity index (χ0n) is 14.6. The molecule has 0 N–H and O–H groups in total. The Labute approximate surface area is 161 Å². The van der Waals surface area contributed by atoms with Gasteiger partial charge in [0.1, 0.15) is 23.4 Å². The first kappa shape index (κ1) is 19.1. The highest BCUT2D eigenvalue weighted by Gasteiger charge is 2.54. The van der Waals surface area contributed by atoms with Crippen LogP contribution in [0.5, 0.6) is 5.75 Å². The molecule has 2 aliphatic rings. The number of amides is 1. The Bertz CT molecular complexity index is 721. The van der Waals surface area contributed by atoms with E-state index in [4.69, 9.17) is 25.8 Å². The van der Waals surface area contributed by atoms with Crippen LogP contribution in [0.3, 0.4) is 0 Å². The predicted octanol–water partition coefficient (Wildman–Crippen LogP) is 2.55. The van der Waals surface area contributed by atoms with Crippen LogP contribution in [-0.4, -0.2) is 53.6 Å². The van der Waals surface area contributed by atoms with Gasteiger partial charge >= 0.3 is 5.97 Å². The maximum atomic E-state index is 12.7. The first-order chi connectivity index (χ1) is 12.6. The van der Waals surface area contributed by atoms with E-state index in [1.807, 2.05) is 19.1 Å². The molecule has 8 heteroatoms. The van der Waals surface area contributed by atoms with Gasteiger partial charge in [0.2, 0.25) is 0 Å². The molecule has 6 nitrogen and oxygen atoms in total. The second kappa shape index (κ2) is 8.33. The van der Waals surface area contributed by atoms with Crippen LogP contribution in [0.4, 0.5) is 0 Å². The fourth-order valence-electron chi connectivity index (χ4n) is 2.88. The lowest BCUT2D eigenvalue weighted by molar-refractivity contribution is -0.165. The molecule has 0 aliphatic carbocycles. The van der Waals surface area contributed by atoms with Gasteiger partial charge in [-0.1, -0.05) is 12.1 Å². The number of fused-ring (bicyclic) bond motifs is 1. The Balaban J connectivity index is 1.71. The fourth-order valence-corrected chi connectivity index (χ4v) is 4.55. The molecule has 0 radical (unpaired) electrons. The molecule has 3 rings (SSSR count). The first-order valence-electron chi connectivity index (χ1n) is 8.25. The lowest BCUT2D eigenvalue weighted by Gasteiger charge is -2.49. The van der Waals surface area contributed by atoms with E-state index in [9.17, 15) is 9.59 Å². The topological polar surface area (TPSA) is 65.1 Å². The van der Waals surface area contributed by atoms with Crippen molar-refractivity contribution in [3.05, 3.63) is 41.1 Å². The number of hydrogen-bond donors (Lipinski definition) is 0. The number of carbonyl (C=O) groups is 2. The normalized spacial score (nSPS) is 22.0. The third kappa shape index (κ3) is 3.56. The minimum atomic E-state index is -0.537. The molecule has 1 aromatic rings. The van der Waals surface area contributed by atoms with E-state index < -0.39 is 12.1 Å². The zero-order valence-corrected chi connectivity index (χ0v) is 16.1. The molecule has 26 heavy (non-hydrogen) atoms. The summed E-state index contributed by atoms with van der Waals surface area (Å²) < 4.78 is 16.0. The van der Waals surface area contributed by atoms with Gasteiger partial charge in [0.15, 0.2) is 6.10 Å². The number of benzene rings is 1. The number of thioether (sulfide) groups is 1. The molecule has 1 fully saturated rings. The molecule has 0 saturated carbocycles. The Hall–Kier alpha value is -1.70. The van der Waals surface area contributed by atoms with Crippen LogP contribution in [-0.2, 0) is 25.7 Å². The highest BCUT2D eigenvalue weighted by Crippen LogP contribution is 2.42. The van der Waals surface area contributed by atoms with Crippen molar-refractivity contribution in [1.82, 2.24) is 4.90 Å². The van der Waals surface area contributed by atoms with Crippen molar-refractivity contribution in [2.75, 3.05) is 25.3 Å². The van der Waals surface area contributed by atoms with Gasteiger partial charge in [-0.15, -0.1) is 23.4 Å². The number of halogens is 1. The Kier molecular flexibility index (Phi) is 6.11. The Morgan fingerprint density at radius 1 is 1.35 bits per heavy atom. The van der Waals surface area contributed by atoms with Crippen molar-refractivity contribution in [3.8, 4) is 5.75 Å². The first-order valence-corrected chi connectivity index (χ1v) is 9.83. The average molecular weight is 398 g/mol. The minimum Gasteiger partial charge on any atom is -0.497 e. The molecule has 0 spiro atoms. The fraction of sp³-hybridized carbons (Fsp3) is 0.444. The van der Waals surface area contributed by atoms with Gasteiger partial charge in [0.25, 0.3) is 5.91 Å². The summed E-state index contributed by atoms with van der Waals surface area (Å²) in [6.07, 6.45) is -0.508. The number of carbonyl (C=O) groups excluding carboxylic acids is 2. The van der Waals surface area contributed by atoms with Crippen molar-refractivity contribution in [2.24, 2.45) is 0 Å². The summed E-state index contributed by atoms with van der Waals surface area (Å²) in [6, 6.07) is 7.24. The minimum absolute atomic E-state index is 0.108. The van der Waals surface area contributed by atoms with Crippen molar-refractivity contribution in [3.63, 3.8) is 0 Å². The highest BCUT2D eigenvalue weighted by atomic mass is 35.5. The zero-order chi connectivity index (χ0) is 18.7. The summed E-state index contributed by atoms with van der Waals surface area (Å²) in [5, 5.41) is -0.196. The molecule has 0 bridgehead atoms. The number of β-lactam (4-membered cyclic amide) rings is 1. The molecule has 1 aromatic carbocycles. The van der Waals surface area contributed by atoms with Crippen LogP contribution >= 0.6 is 23.4 Å². The van der Waals surface area contributed by atoms with Crippen LogP contribution in [0.2, 0.25) is 0 Å². The molecule has 0 unspecified atom stereocenters. The molecule has 0 aromatic heterocycles. The van der Waals surface area contributed by atoms with Crippen molar-refractivity contribution >= 4 is 35.2 Å². The summed E-state index contributed by atoms with van der Waals surface area (Å²) in [5.74, 6) is 0.727. The van der Waals surface area contributed by atoms with Crippen molar-refractivity contribution in [2.45, 2.75) is 25.0 Å². The molecule has 1 saturated heterocycles. The van der Waals surface area contributed by atoms with Crippen molar-refractivity contribution < 1.29 is 23.8 Å². The maximum Gasteiger partial charge on any atom is 0.355 e. The SMILES string of the molecule is CCO[C@H]1C(=O)N2C(C(=O)OCc3ccc(OC)cc3)=C(CCl)CS[C@@H]12.